The molecule has 2 N–H and O–H groups in total. The van der Waals surface area contributed by atoms with Crippen molar-refractivity contribution >= 4 is 11.7 Å². The standard InChI is InChI=1S/C17H25N3O/c21-17(19-15-6-2-1-3-7-15)18-12-14-10-11-20(13-14)16-8-4-5-9-16/h1-3,6-7,14,16H,4-5,8-13H2,(H2,18,19,21)/t14-/m0/s1. The van der Waals surface area contributed by atoms with E-state index in [1.54, 1.807) is 0 Å². The Labute approximate surface area is 126 Å². The molecule has 114 valence electrons. The van der Waals surface area contributed by atoms with E-state index in [9.17, 15) is 4.79 Å². The number of benzene rings is 1. The van der Waals surface area contributed by atoms with Crippen LogP contribution in [0.3, 0.4) is 0 Å². The fourth-order valence-electron chi connectivity index (χ4n) is 3.56. The molecule has 0 radical (unpaired) electrons. The van der Waals surface area contributed by atoms with Crippen LogP contribution in [-0.4, -0.2) is 36.6 Å². The lowest BCUT2D eigenvalue weighted by atomic mass is 10.1. The number of carbonyl (C=O) groups excluding carboxylic acids is 1. The van der Waals surface area contributed by atoms with Gasteiger partial charge in [-0.15, -0.1) is 0 Å². The Bertz CT molecular complexity index is 456. The Balaban J connectivity index is 1.38. The zero-order valence-corrected chi connectivity index (χ0v) is 12.6. The Morgan fingerprint density at radius 3 is 2.67 bits per heavy atom. The lowest BCUT2D eigenvalue weighted by Crippen LogP contribution is -2.35. The first kappa shape index (κ1) is 14.4. The van der Waals surface area contributed by atoms with Crippen LogP contribution in [0, 0.1) is 5.92 Å². The van der Waals surface area contributed by atoms with Crippen LogP contribution in [0.2, 0.25) is 0 Å². The highest BCUT2D eigenvalue weighted by Gasteiger charge is 2.29. The first-order chi connectivity index (χ1) is 10.3. The number of rotatable bonds is 4. The van der Waals surface area contributed by atoms with E-state index in [4.69, 9.17) is 0 Å². The van der Waals surface area contributed by atoms with Crippen LogP contribution in [0.5, 0.6) is 0 Å². The minimum atomic E-state index is -0.0967. The van der Waals surface area contributed by atoms with Gasteiger partial charge in [-0.2, -0.15) is 0 Å². The normalized spacial score (nSPS) is 23.3. The molecule has 2 aliphatic rings. The minimum Gasteiger partial charge on any atom is -0.338 e. The highest BCUT2D eigenvalue weighted by Crippen LogP contribution is 2.28. The largest absolute Gasteiger partial charge is 0.338 e. The number of likely N-dealkylation sites (tertiary alicyclic amines) is 1. The molecular weight excluding hydrogens is 262 g/mol. The van der Waals surface area contributed by atoms with E-state index >= 15 is 0 Å². The van der Waals surface area contributed by atoms with Crippen molar-refractivity contribution in [2.75, 3.05) is 25.0 Å². The van der Waals surface area contributed by atoms with Crippen LogP contribution in [0.25, 0.3) is 0 Å². The van der Waals surface area contributed by atoms with Gasteiger partial charge in [-0.3, -0.25) is 0 Å². The van der Waals surface area contributed by atoms with E-state index in [0.717, 1.165) is 24.8 Å². The number of anilines is 1. The third-order valence-electron chi connectivity index (χ3n) is 4.74. The Morgan fingerprint density at radius 1 is 1.14 bits per heavy atom. The molecule has 21 heavy (non-hydrogen) atoms. The average molecular weight is 287 g/mol. The number of carbonyl (C=O) groups is 1. The van der Waals surface area contributed by atoms with Crippen molar-refractivity contribution in [3.63, 3.8) is 0 Å². The molecule has 1 heterocycles. The first-order valence-corrected chi connectivity index (χ1v) is 8.15. The average Bonchev–Trinajstić information content (AvgIpc) is 3.17. The zero-order valence-electron chi connectivity index (χ0n) is 12.6. The summed E-state index contributed by atoms with van der Waals surface area (Å²) >= 11 is 0. The van der Waals surface area contributed by atoms with Gasteiger partial charge in [0.15, 0.2) is 0 Å². The van der Waals surface area contributed by atoms with Gasteiger partial charge in [-0.05, 0) is 43.9 Å². The van der Waals surface area contributed by atoms with Crippen molar-refractivity contribution in [2.24, 2.45) is 5.92 Å². The summed E-state index contributed by atoms with van der Waals surface area (Å²) in [5, 5.41) is 5.88. The van der Waals surface area contributed by atoms with Crippen LogP contribution in [-0.2, 0) is 0 Å². The predicted octanol–water partition coefficient (Wildman–Crippen LogP) is 3.07. The predicted molar refractivity (Wildman–Crippen MR) is 85.4 cm³/mol. The summed E-state index contributed by atoms with van der Waals surface area (Å²) in [7, 11) is 0. The molecule has 1 aromatic carbocycles. The van der Waals surface area contributed by atoms with Crippen molar-refractivity contribution in [2.45, 2.75) is 38.1 Å². The van der Waals surface area contributed by atoms with Gasteiger partial charge in [0.05, 0.1) is 0 Å². The van der Waals surface area contributed by atoms with Crippen LogP contribution in [0.1, 0.15) is 32.1 Å². The number of nitrogens with zero attached hydrogens (tertiary/aromatic N) is 1. The lowest BCUT2D eigenvalue weighted by molar-refractivity contribution is 0.234. The molecule has 3 rings (SSSR count). The Kier molecular flexibility index (Phi) is 4.76. The van der Waals surface area contributed by atoms with Gasteiger partial charge in [0, 0.05) is 24.8 Å². The molecule has 1 atom stereocenters. The third-order valence-corrected chi connectivity index (χ3v) is 4.74. The van der Waals surface area contributed by atoms with Gasteiger partial charge in [0.1, 0.15) is 0 Å². The van der Waals surface area contributed by atoms with Gasteiger partial charge in [0.2, 0.25) is 0 Å². The SMILES string of the molecule is O=C(NC[C@@H]1CCN(C2CCCC2)C1)Nc1ccccc1. The molecule has 2 fully saturated rings. The molecule has 1 aliphatic heterocycles. The Morgan fingerprint density at radius 2 is 1.90 bits per heavy atom. The molecular formula is C17H25N3O. The fraction of sp³-hybridized carbons (Fsp3) is 0.588. The van der Waals surface area contributed by atoms with Gasteiger partial charge in [-0.25, -0.2) is 4.79 Å². The van der Waals surface area contributed by atoms with E-state index in [-0.39, 0.29) is 6.03 Å². The molecule has 1 aromatic rings. The third kappa shape index (κ3) is 3.97. The first-order valence-electron chi connectivity index (χ1n) is 8.15. The molecule has 4 nitrogen and oxygen atoms in total. The van der Waals surface area contributed by atoms with E-state index in [2.05, 4.69) is 15.5 Å². The summed E-state index contributed by atoms with van der Waals surface area (Å²) < 4.78 is 0. The van der Waals surface area contributed by atoms with Crippen molar-refractivity contribution in [1.82, 2.24) is 10.2 Å². The second-order valence-electron chi connectivity index (χ2n) is 6.29. The molecule has 1 saturated carbocycles. The van der Waals surface area contributed by atoms with Crippen molar-refractivity contribution < 1.29 is 4.79 Å². The maximum atomic E-state index is 11.9. The van der Waals surface area contributed by atoms with Crippen molar-refractivity contribution in [1.29, 1.82) is 0 Å². The van der Waals surface area contributed by atoms with Gasteiger partial charge < -0.3 is 15.5 Å². The lowest BCUT2D eigenvalue weighted by Gasteiger charge is -2.23. The molecule has 4 heteroatoms. The van der Waals surface area contributed by atoms with E-state index < -0.39 is 0 Å². The van der Waals surface area contributed by atoms with E-state index in [0.29, 0.717) is 5.92 Å². The summed E-state index contributed by atoms with van der Waals surface area (Å²) in [4.78, 5) is 14.5. The molecule has 0 aromatic heterocycles. The van der Waals surface area contributed by atoms with Crippen LogP contribution >= 0.6 is 0 Å². The number of urea groups is 1. The van der Waals surface area contributed by atoms with Crippen LogP contribution < -0.4 is 10.6 Å². The molecule has 2 amide bonds. The summed E-state index contributed by atoms with van der Waals surface area (Å²) in [6.45, 7) is 3.13. The molecule has 1 aliphatic carbocycles. The smallest absolute Gasteiger partial charge is 0.319 e. The second kappa shape index (κ2) is 6.94. The van der Waals surface area contributed by atoms with Crippen molar-refractivity contribution in [3.8, 4) is 0 Å². The summed E-state index contributed by atoms with van der Waals surface area (Å²) in [5.74, 6) is 0.604. The van der Waals surface area contributed by atoms with Gasteiger partial charge >= 0.3 is 6.03 Å². The topological polar surface area (TPSA) is 44.4 Å². The fourth-order valence-corrected chi connectivity index (χ4v) is 3.56. The summed E-state index contributed by atoms with van der Waals surface area (Å²) in [6.07, 6.45) is 6.73. The maximum absolute atomic E-state index is 11.9. The second-order valence-corrected chi connectivity index (χ2v) is 6.29. The van der Waals surface area contributed by atoms with Crippen LogP contribution in [0.4, 0.5) is 10.5 Å². The zero-order chi connectivity index (χ0) is 14.5. The summed E-state index contributed by atoms with van der Waals surface area (Å²) in [6, 6.07) is 10.3. The highest BCUT2D eigenvalue weighted by molar-refractivity contribution is 5.89. The van der Waals surface area contributed by atoms with E-state index in [1.165, 1.54) is 38.6 Å². The van der Waals surface area contributed by atoms with Gasteiger partial charge in [0.25, 0.3) is 0 Å². The molecule has 0 spiro atoms. The Hall–Kier alpha value is -1.55. The molecule has 1 saturated heterocycles. The van der Waals surface area contributed by atoms with Crippen molar-refractivity contribution in [3.05, 3.63) is 30.3 Å². The highest BCUT2D eigenvalue weighted by atomic mass is 16.2. The number of hydrogen-bond donors (Lipinski definition) is 2. The quantitative estimate of drug-likeness (QED) is 0.894. The number of hydrogen-bond acceptors (Lipinski definition) is 2. The number of para-hydroxylation sites is 1. The van der Waals surface area contributed by atoms with Gasteiger partial charge in [-0.1, -0.05) is 31.0 Å². The maximum Gasteiger partial charge on any atom is 0.319 e. The number of nitrogens with one attached hydrogen (secondary N) is 2. The van der Waals surface area contributed by atoms with E-state index in [1.807, 2.05) is 30.3 Å². The monoisotopic (exact) mass is 287 g/mol. The minimum absolute atomic E-state index is 0.0967. The molecule has 0 unspecified atom stereocenters. The summed E-state index contributed by atoms with van der Waals surface area (Å²) in [5.41, 5.74) is 0.842. The molecule has 0 bridgehead atoms. The van der Waals surface area contributed by atoms with Crippen LogP contribution in [0.15, 0.2) is 30.3 Å². The number of amides is 2.